The van der Waals surface area contributed by atoms with E-state index in [0.717, 1.165) is 0 Å². The summed E-state index contributed by atoms with van der Waals surface area (Å²) in [6.07, 6.45) is -0.958. The second kappa shape index (κ2) is 6.91. The van der Waals surface area contributed by atoms with Crippen molar-refractivity contribution in [1.29, 1.82) is 0 Å². The van der Waals surface area contributed by atoms with Crippen molar-refractivity contribution >= 4 is 5.69 Å². The van der Waals surface area contributed by atoms with Gasteiger partial charge in [0.2, 0.25) is 0 Å². The number of nitro groups is 1. The molecule has 0 radical (unpaired) electrons. The van der Waals surface area contributed by atoms with Crippen LogP contribution in [0.25, 0.3) is 0 Å². The van der Waals surface area contributed by atoms with E-state index in [9.17, 15) is 15.2 Å². The van der Waals surface area contributed by atoms with Crippen LogP contribution >= 0.6 is 0 Å². The van der Waals surface area contributed by atoms with Gasteiger partial charge in [0.15, 0.2) is 5.75 Å². The third-order valence-electron chi connectivity index (χ3n) is 3.22. The number of methoxy groups -OCH3 is 1. The fourth-order valence-electron chi connectivity index (χ4n) is 2.13. The van der Waals surface area contributed by atoms with Gasteiger partial charge in [-0.3, -0.25) is 10.1 Å². The van der Waals surface area contributed by atoms with Crippen molar-refractivity contribution in [1.82, 2.24) is 0 Å². The third kappa shape index (κ3) is 3.35. The number of hydrogen-bond donors (Lipinski definition) is 1. The van der Waals surface area contributed by atoms with Crippen LogP contribution in [-0.4, -0.2) is 23.7 Å². The van der Waals surface area contributed by atoms with Gasteiger partial charge in [-0.05, 0) is 36.2 Å². The Morgan fingerprint density at radius 1 is 1.18 bits per heavy atom. The lowest BCUT2D eigenvalue weighted by atomic mass is 10.0. The molecule has 2 rings (SSSR count). The molecule has 116 valence electrons. The molecule has 1 atom stereocenters. The summed E-state index contributed by atoms with van der Waals surface area (Å²) in [6.45, 7) is 2.45. The summed E-state index contributed by atoms with van der Waals surface area (Å²) in [4.78, 5) is 10.5. The van der Waals surface area contributed by atoms with Crippen LogP contribution in [0.1, 0.15) is 24.2 Å². The zero-order valence-corrected chi connectivity index (χ0v) is 12.4. The number of ether oxygens (including phenoxy) is 2. The zero-order valence-electron chi connectivity index (χ0n) is 12.4. The predicted molar refractivity (Wildman–Crippen MR) is 81.3 cm³/mol. The summed E-state index contributed by atoms with van der Waals surface area (Å²) in [6, 6.07) is 11.4. The minimum Gasteiger partial charge on any atom is -0.494 e. The van der Waals surface area contributed by atoms with Crippen LogP contribution in [-0.2, 0) is 0 Å². The van der Waals surface area contributed by atoms with Gasteiger partial charge < -0.3 is 14.6 Å². The zero-order chi connectivity index (χ0) is 16.1. The lowest BCUT2D eigenvalue weighted by Crippen LogP contribution is -2.02. The number of nitrogens with zero attached hydrogens (tertiary/aromatic N) is 1. The van der Waals surface area contributed by atoms with Gasteiger partial charge in [-0.25, -0.2) is 0 Å². The highest BCUT2D eigenvalue weighted by molar-refractivity contribution is 5.50. The molecule has 0 aliphatic heterocycles. The Kier molecular flexibility index (Phi) is 4.95. The number of rotatable bonds is 6. The molecule has 0 spiro atoms. The fourth-order valence-corrected chi connectivity index (χ4v) is 2.13. The molecule has 0 saturated heterocycles. The molecule has 0 heterocycles. The van der Waals surface area contributed by atoms with E-state index in [0.29, 0.717) is 23.5 Å². The van der Waals surface area contributed by atoms with Gasteiger partial charge in [0.1, 0.15) is 11.9 Å². The van der Waals surface area contributed by atoms with Crippen LogP contribution in [0.3, 0.4) is 0 Å². The average Bonchev–Trinajstić information content (AvgIpc) is 2.54. The van der Waals surface area contributed by atoms with E-state index >= 15 is 0 Å². The van der Waals surface area contributed by atoms with E-state index in [1.165, 1.54) is 19.2 Å². The van der Waals surface area contributed by atoms with Gasteiger partial charge >= 0.3 is 5.69 Å². The highest BCUT2D eigenvalue weighted by atomic mass is 16.6. The van der Waals surface area contributed by atoms with Crippen LogP contribution in [0.2, 0.25) is 0 Å². The smallest absolute Gasteiger partial charge is 0.311 e. The summed E-state index contributed by atoms with van der Waals surface area (Å²) in [5.74, 6) is 0.867. The molecule has 0 unspecified atom stereocenters. The van der Waals surface area contributed by atoms with Gasteiger partial charge in [0.25, 0.3) is 0 Å². The molecule has 0 saturated carbocycles. The summed E-state index contributed by atoms with van der Waals surface area (Å²) < 4.78 is 10.3. The Hall–Kier alpha value is -2.60. The lowest BCUT2D eigenvalue weighted by molar-refractivity contribution is -0.385. The minimum atomic E-state index is -0.958. The van der Waals surface area contributed by atoms with Crippen molar-refractivity contribution < 1.29 is 19.5 Å². The van der Waals surface area contributed by atoms with Crippen LogP contribution in [0.4, 0.5) is 5.69 Å². The third-order valence-corrected chi connectivity index (χ3v) is 3.22. The number of aliphatic hydroxyl groups excluding tert-OH is 1. The number of nitro benzene ring substituents is 1. The maximum Gasteiger partial charge on any atom is 0.311 e. The van der Waals surface area contributed by atoms with Crippen molar-refractivity contribution in [3.8, 4) is 11.5 Å². The lowest BCUT2D eigenvalue weighted by Gasteiger charge is -2.13. The highest BCUT2D eigenvalue weighted by Crippen LogP contribution is 2.32. The van der Waals surface area contributed by atoms with Crippen LogP contribution in [0, 0.1) is 10.1 Å². The Bertz CT molecular complexity index is 654. The second-order valence-electron chi connectivity index (χ2n) is 4.59. The minimum absolute atomic E-state index is 0.160. The molecule has 1 N–H and O–H groups in total. The van der Waals surface area contributed by atoms with Crippen molar-refractivity contribution in [2.75, 3.05) is 13.7 Å². The van der Waals surface area contributed by atoms with Gasteiger partial charge in [0.05, 0.1) is 18.6 Å². The first kappa shape index (κ1) is 15.8. The number of aliphatic hydroxyl groups is 1. The van der Waals surface area contributed by atoms with Crippen LogP contribution < -0.4 is 9.47 Å². The second-order valence-corrected chi connectivity index (χ2v) is 4.59. The van der Waals surface area contributed by atoms with Gasteiger partial charge in [-0.15, -0.1) is 0 Å². The van der Waals surface area contributed by atoms with Gasteiger partial charge in [-0.1, -0.05) is 18.2 Å². The van der Waals surface area contributed by atoms with E-state index in [2.05, 4.69) is 0 Å². The summed E-state index contributed by atoms with van der Waals surface area (Å²) in [5.41, 5.74) is 0.879. The normalized spacial score (nSPS) is 11.8. The maximum atomic E-state index is 11.0. The average molecular weight is 303 g/mol. The van der Waals surface area contributed by atoms with Crippen molar-refractivity contribution in [2.24, 2.45) is 0 Å². The predicted octanol–water partition coefficient (Wildman–Crippen LogP) is 3.08. The van der Waals surface area contributed by atoms with Gasteiger partial charge in [-0.2, -0.15) is 0 Å². The van der Waals surface area contributed by atoms with Crippen molar-refractivity contribution in [3.05, 3.63) is 63.7 Å². The van der Waals surface area contributed by atoms with E-state index in [1.54, 1.807) is 30.3 Å². The molecular weight excluding hydrogens is 286 g/mol. The van der Waals surface area contributed by atoms with E-state index < -0.39 is 11.0 Å². The van der Waals surface area contributed by atoms with Gasteiger partial charge in [0, 0.05) is 6.07 Å². The first-order chi connectivity index (χ1) is 10.6. The SMILES string of the molecule is CCOc1ccc([C@@H](O)c2ccc(OC)c([N+](=O)[O-])c2)cc1. The fraction of sp³-hybridized carbons (Fsp3) is 0.250. The van der Waals surface area contributed by atoms with E-state index in [-0.39, 0.29) is 11.4 Å². The first-order valence-electron chi connectivity index (χ1n) is 6.80. The van der Waals surface area contributed by atoms with E-state index in [1.807, 2.05) is 6.92 Å². The largest absolute Gasteiger partial charge is 0.494 e. The number of benzene rings is 2. The van der Waals surface area contributed by atoms with Crippen molar-refractivity contribution in [2.45, 2.75) is 13.0 Å². The molecule has 0 aromatic heterocycles. The number of hydrogen-bond acceptors (Lipinski definition) is 5. The highest BCUT2D eigenvalue weighted by Gasteiger charge is 2.19. The molecule has 6 nitrogen and oxygen atoms in total. The van der Waals surface area contributed by atoms with Crippen LogP contribution in [0.15, 0.2) is 42.5 Å². The quantitative estimate of drug-likeness (QED) is 0.655. The van der Waals surface area contributed by atoms with Crippen LogP contribution in [0.5, 0.6) is 11.5 Å². The molecule has 0 aliphatic rings. The molecule has 0 fully saturated rings. The maximum absolute atomic E-state index is 11.0. The Labute approximate surface area is 128 Å². The Morgan fingerprint density at radius 3 is 2.36 bits per heavy atom. The monoisotopic (exact) mass is 303 g/mol. The molecule has 6 heteroatoms. The summed E-state index contributed by atoms with van der Waals surface area (Å²) in [5, 5.41) is 21.4. The first-order valence-corrected chi connectivity index (χ1v) is 6.80. The molecule has 0 bridgehead atoms. The Balaban J connectivity index is 2.30. The Morgan fingerprint density at radius 2 is 1.82 bits per heavy atom. The topological polar surface area (TPSA) is 81.8 Å². The molecular formula is C16H17NO5. The van der Waals surface area contributed by atoms with E-state index in [4.69, 9.17) is 9.47 Å². The summed E-state index contributed by atoms with van der Waals surface area (Å²) in [7, 11) is 1.37. The van der Waals surface area contributed by atoms with Crippen molar-refractivity contribution in [3.63, 3.8) is 0 Å². The molecule has 2 aromatic carbocycles. The standard InChI is InChI=1S/C16H17NO5/c1-3-22-13-7-4-11(5-8-13)16(18)12-6-9-15(21-2)14(10-12)17(19)20/h4-10,16,18H,3H2,1-2H3/t16-/m1/s1. The summed E-state index contributed by atoms with van der Waals surface area (Å²) >= 11 is 0. The molecule has 22 heavy (non-hydrogen) atoms. The molecule has 2 aromatic rings. The molecule has 0 amide bonds. The molecule has 0 aliphatic carbocycles.